The topological polar surface area (TPSA) is 96.5 Å². The van der Waals surface area contributed by atoms with Crippen molar-refractivity contribution in [3.63, 3.8) is 0 Å². The first-order chi connectivity index (χ1) is 7.99. The van der Waals surface area contributed by atoms with E-state index in [4.69, 9.17) is 9.52 Å². The molecule has 0 aliphatic carbocycles. The Bertz CT molecular complexity index is 400. The third-order valence-corrected chi connectivity index (χ3v) is 2.11. The molecule has 0 atom stereocenters. The highest BCUT2D eigenvalue weighted by molar-refractivity contribution is 5.75. The molecule has 0 aliphatic rings. The lowest BCUT2D eigenvalue weighted by molar-refractivity contribution is -0.137. The first-order valence-electron chi connectivity index (χ1n) is 5.22. The maximum Gasteiger partial charge on any atom is 0.303 e. The van der Waals surface area contributed by atoms with Gasteiger partial charge in [0, 0.05) is 33.4 Å². The number of carbonyl (C=O) groups excluding carboxylic acids is 1. The third kappa shape index (κ3) is 4.62. The van der Waals surface area contributed by atoms with Crippen LogP contribution in [-0.4, -0.2) is 46.2 Å². The number of carboxylic acid groups (broad SMARTS) is 1. The average Bonchev–Trinajstić information content (AvgIpc) is 2.70. The van der Waals surface area contributed by atoms with Gasteiger partial charge in [-0.1, -0.05) is 0 Å². The Balaban J connectivity index is 2.40. The van der Waals surface area contributed by atoms with E-state index in [1.54, 1.807) is 14.1 Å². The summed E-state index contributed by atoms with van der Waals surface area (Å²) in [5.41, 5.74) is 0. The zero-order valence-electron chi connectivity index (χ0n) is 9.84. The molecule has 0 unspecified atom stereocenters. The number of nitrogens with zero attached hydrogens (tertiary/aromatic N) is 3. The largest absolute Gasteiger partial charge is 0.481 e. The summed E-state index contributed by atoms with van der Waals surface area (Å²) in [4.78, 5) is 23.1. The Kier molecular flexibility index (Phi) is 4.62. The smallest absolute Gasteiger partial charge is 0.303 e. The molecule has 0 bridgehead atoms. The maximum absolute atomic E-state index is 11.3. The van der Waals surface area contributed by atoms with Gasteiger partial charge >= 0.3 is 5.97 Å². The molecule has 1 heterocycles. The fraction of sp³-hybridized carbons (Fsp3) is 0.600. The first-order valence-corrected chi connectivity index (χ1v) is 5.22. The predicted octanol–water partition coefficient (Wildman–Crippen LogP) is 0.108. The van der Waals surface area contributed by atoms with E-state index in [-0.39, 0.29) is 18.7 Å². The fourth-order valence-electron chi connectivity index (χ4n) is 1.14. The Morgan fingerprint density at radius 3 is 2.18 bits per heavy atom. The van der Waals surface area contributed by atoms with Crippen molar-refractivity contribution in [3.05, 3.63) is 11.8 Å². The van der Waals surface area contributed by atoms with Crippen molar-refractivity contribution in [2.75, 3.05) is 14.1 Å². The number of hydrogen-bond donors (Lipinski definition) is 1. The van der Waals surface area contributed by atoms with Crippen LogP contribution in [0.1, 0.15) is 24.6 Å². The highest BCUT2D eigenvalue weighted by Crippen LogP contribution is 2.05. The number of hydrogen-bond acceptors (Lipinski definition) is 5. The van der Waals surface area contributed by atoms with Crippen molar-refractivity contribution >= 4 is 11.9 Å². The second-order valence-corrected chi connectivity index (χ2v) is 3.77. The molecule has 17 heavy (non-hydrogen) atoms. The van der Waals surface area contributed by atoms with Gasteiger partial charge in [0.25, 0.3) is 0 Å². The zero-order valence-corrected chi connectivity index (χ0v) is 9.84. The molecule has 7 nitrogen and oxygen atoms in total. The van der Waals surface area contributed by atoms with Gasteiger partial charge in [0.2, 0.25) is 17.7 Å². The molecule has 1 aromatic rings. The van der Waals surface area contributed by atoms with Crippen LogP contribution >= 0.6 is 0 Å². The van der Waals surface area contributed by atoms with E-state index in [1.165, 1.54) is 4.90 Å². The van der Waals surface area contributed by atoms with Gasteiger partial charge in [-0.05, 0) is 0 Å². The Labute approximate surface area is 98.4 Å². The summed E-state index contributed by atoms with van der Waals surface area (Å²) in [6, 6.07) is 0. The van der Waals surface area contributed by atoms with Crippen LogP contribution in [0.2, 0.25) is 0 Å². The lowest BCUT2D eigenvalue weighted by atomic mass is 10.3. The van der Waals surface area contributed by atoms with E-state index < -0.39 is 5.97 Å². The van der Waals surface area contributed by atoms with E-state index in [2.05, 4.69) is 10.2 Å². The highest BCUT2D eigenvalue weighted by atomic mass is 16.4. The van der Waals surface area contributed by atoms with Gasteiger partial charge < -0.3 is 14.4 Å². The quantitative estimate of drug-likeness (QED) is 0.759. The third-order valence-electron chi connectivity index (χ3n) is 2.11. The number of aryl methyl sites for hydroxylation is 2. The van der Waals surface area contributed by atoms with Crippen LogP contribution in [0.5, 0.6) is 0 Å². The van der Waals surface area contributed by atoms with Crippen LogP contribution in [0.15, 0.2) is 4.42 Å². The van der Waals surface area contributed by atoms with E-state index in [0.717, 1.165) is 0 Å². The van der Waals surface area contributed by atoms with Gasteiger partial charge in [-0.2, -0.15) is 0 Å². The van der Waals surface area contributed by atoms with E-state index >= 15 is 0 Å². The molecule has 0 saturated heterocycles. The molecule has 0 fully saturated rings. The number of amides is 1. The number of carbonyl (C=O) groups is 2. The van der Waals surface area contributed by atoms with Crippen LogP contribution < -0.4 is 0 Å². The molecule has 0 aromatic carbocycles. The van der Waals surface area contributed by atoms with Gasteiger partial charge in [-0.25, -0.2) is 0 Å². The minimum Gasteiger partial charge on any atom is -0.481 e. The number of carboxylic acids is 1. The normalized spacial score (nSPS) is 10.2. The summed E-state index contributed by atoms with van der Waals surface area (Å²) >= 11 is 0. The predicted molar refractivity (Wildman–Crippen MR) is 57.3 cm³/mol. The highest BCUT2D eigenvalue weighted by Gasteiger charge is 2.10. The molecule has 1 rings (SSSR count). The summed E-state index contributed by atoms with van der Waals surface area (Å²) in [5.74, 6) is -0.275. The van der Waals surface area contributed by atoms with Crippen LogP contribution in [-0.2, 0) is 22.4 Å². The van der Waals surface area contributed by atoms with Gasteiger partial charge in [0.1, 0.15) is 0 Å². The molecule has 0 spiro atoms. The van der Waals surface area contributed by atoms with Crippen LogP contribution in [0.25, 0.3) is 0 Å². The van der Waals surface area contributed by atoms with Gasteiger partial charge in [-0.3, -0.25) is 9.59 Å². The van der Waals surface area contributed by atoms with Crippen molar-refractivity contribution in [1.82, 2.24) is 15.1 Å². The Hall–Kier alpha value is -1.92. The zero-order chi connectivity index (χ0) is 12.8. The number of aliphatic carboxylic acids is 1. The van der Waals surface area contributed by atoms with Gasteiger partial charge in [-0.15, -0.1) is 10.2 Å². The van der Waals surface area contributed by atoms with Crippen molar-refractivity contribution in [2.45, 2.75) is 25.7 Å². The van der Waals surface area contributed by atoms with E-state index in [1.807, 2.05) is 0 Å². The van der Waals surface area contributed by atoms with E-state index in [9.17, 15) is 9.59 Å². The van der Waals surface area contributed by atoms with Gasteiger partial charge in [0.15, 0.2) is 0 Å². The standard InChI is InChI=1S/C10H15N3O4/c1-13(2)9(14)5-3-7-11-12-8(17-7)4-6-10(15)16/h3-6H2,1-2H3,(H,15,16). The summed E-state index contributed by atoms with van der Waals surface area (Å²) in [6.07, 6.45) is 0.840. The minimum atomic E-state index is -0.910. The minimum absolute atomic E-state index is 0.0183. The molecule has 0 radical (unpaired) electrons. The van der Waals surface area contributed by atoms with Crippen LogP contribution in [0.3, 0.4) is 0 Å². The molecule has 0 saturated carbocycles. The Morgan fingerprint density at radius 1 is 1.18 bits per heavy atom. The van der Waals surface area contributed by atoms with Crippen molar-refractivity contribution in [2.24, 2.45) is 0 Å². The SMILES string of the molecule is CN(C)C(=O)CCc1nnc(CCC(=O)O)o1. The molecule has 1 amide bonds. The summed E-state index contributed by atoms with van der Waals surface area (Å²) in [6.45, 7) is 0. The Morgan fingerprint density at radius 2 is 1.71 bits per heavy atom. The van der Waals surface area contributed by atoms with Crippen LogP contribution in [0, 0.1) is 0 Å². The summed E-state index contributed by atoms with van der Waals surface area (Å²) < 4.78 is 5.21. The van der Waals surface area contributed by atoms with Gasteiger partial charge in [0.05, 0.1) is 6.42 Å². The van der Waals surface area contributed by atoms with Crippen molar-refractivity contribution < 1.29 is 19.1 Å². The van der Waals surface area contributed by atoms with Crippen molar-refractivity contribution in [1.29, 1.82) is 0 Å². The monoisotopic (exact) mass is 241 g/mol. The fourth-order valence-corrected chi connectivity index (χ4v) is 1.14. The number of aromatic nitrogens is 2. The summed E-state index contributed by atoms with van der Waals surface area (Å²) in [5, 5.41) is 15.9. The maximum atomic E-state index is 11.3. The van der Waals surface area contributed by atoms with E-state index in [0.29, 0.717) is 24.6 Å². The lowest BCUT2D eigenvalue weighted by Gasteiger charge is -2.07. The molecule has 1 N–H and O–H groups in total. The molecular weight excluding hydrogens is 226 g/mol. The summed E-state index contributed by atoms with van der Waals surface area (Å²) in [7, 11) is 3.35. The lowest BCUT2D eigenvalue weighted by Crippen LogP contribution is -2.21. The second-order valence-electron chi connectivity index (χ2n) is 3.77. The molecule has 7 heteroatoms. The number of rotatable bonds is 6. The molecule has 0 aliphatic heterocycles. The van der Waals surface area contributed by atoms with Crippen molar-refractivity contribution in [3.8, 4) is 0 Å². The van der Waals surface area contributed by atoms with Crippen LogP contribution in [0.4, 0.5) is 0 Å². The average molecular weight is 241 g/mol. The molecule has 1 aromatic heterocycles. The first kappa shape index (κ1) is 13.1. The molecular formula is C10H15N3O4. The second kappa shape index (κ2) is 5.97. The molecule has 94 valence electrons.